The van der Waals surface area contributed by atoms with E-state index in [1.165, 1.54) is 7.11 Å². The number of piperidine rings is 1. The third-order valence-corrected chi connectivity index (χ3v) is 11.7. The van der Waals surface area contributed by atoms with E-state index in [0.29, 0.717) is 30.7 Å². The number of methoxy groups -OCH3 is 1. The van der Waals surface area contributed by atoms with Crippen LogP contribution in [0.2, 0.25) is 0 Å². The predicted molar refractivity (Wildman–Crippen MR) is 130 cm³/mol. The van der Waals surface area contributed by atoms with Gasteiger partial charge in [0, 0.05) is 36.9 Å². The van der Waals surface area contributed by atoms with Gasteiger partial charge < -0.3 is 30.9 Å². The number of carbonyl (C=O) groups excluding carboxylic acids is 2. The van der Waals surface area contributed by atoms with Crippen molar-refractivity contribution in [2.45, 2.75) is 102 Å². The SMILES string of the molecule is COC(=O)C1CCC2(N)C3CCC4CC(OC(=O)N5CCC([NH3+])CC5)CCC4(C)C3CC(O)C12C. The molecule has 6 N–H and O–H groups in total. The number of ether oxygens (including phenoxy) is 2. The number of aliphatic hydroxyl groups excluding tert-OH is 1. The van der Waals surface area contributed by atoms with Crippen LogP contribution >= 0.6 is 0 Å². The van der Waals surface area contributed by atoms with Crippen LogP contribution in [0.5, 0.6) is 0 Å². The van der Waals surface area contributed by atoms with Crippen LogP contribution in [0.3, 0.4) is 0 Å². The average Bonchev–Trinajstić information content (AvgIpc) is 3.12. The number of esters is 1. The van der Waals surface area contributed by atoms with Gasteiger partial charge in [-0.05, 0) is 74.5 Å². The summed E-state index contributed by atoms with van der Waals surface area (Å²) in [5, 5.41) is 11.5. The third-order valence-electron chi connectivity index (χ3n) is 11.7. The van der Waals surface area contributed by atoms with Crippen molar-refractivity contribution in [3.05, 3.63) is 0 Å². The standard InChI is InChI=1S/C27H45N3O5/c1-25-10-6-18(35-24(33)30-12-8-17(28)9-13-30)14-16(25)4-5-19-21(25)15-22(31)26(2)20(23(32)34-3)7-11-27(19,26)29/h16-22,31H,4-15,28-29H2,1-3H3/p+1. The minimum atomic E-state index is -0.654. The van der Waals surface area contributed by atoms with Crippen molar-refractivity contribution >= 4 is 12.1 Å². The number of likely N-dealkylation sites (tertiary alicyclic amines) is 1. The summed E-state index contributed by atoms with van der Waals surface area (Å²) in [4.78, 5) is 27.3. The molecule has 1 amide bonds. The molecule has 5 rings (SSSR count). The Morgan fingerprint density at radius 1 is 1.00 bits per heavy atom. The lowest BCUT2D eigenvalue weighted by Crippen LogP contribution is -2.71. The highest BCUT2D eigenvalue weighted by molar-refractivity contribution is 5.74. The van der Waals surface area contributed by atoms with Crippen molar-refractivity contribution in [3.63, 3.8) is 0 Å². The Labute approximate surface area is 209 Å². The fourth-order valence-electron chi connectivity index (χ4n) is 9.24. The number of quaternary nitrogens is 1. The quantitative estimate of drug-likeness (QED) is 0.506. The Morgan fingerprint density at radius 2 is 1.71 bits per heavy atom. The molecule has 1 aliphatic heterocycles. The second-order valence-corrected chi connectivity index (χ2v) is 12.9. The molecule has 1 heterocycles. The maximum atomic E-state index is 12.8. The van der Waals surface area contributed by atoms with Gasteiger partial charge >= 0.3 is 12.1 Å². The van der Waals surface area contributed by atoms with Crippen molar-refractivity contribution in [1.29, 1.82) is 0 Å². The second kappa shape index (κ2) is 8.88. The van der Waals surface area contributed by atoms with E-state index in [-0.39, 0.29) is 35.4 Å². The summed E-state index contributed by atoms with van der Waals surface area (Å²) >= 11 is 0. The van der Waals surface area contributed by atoms with E-state index >= 15 is 0 Å². The van der Waals surface area contributed by atoms with Crippen LogP contribution in [-0.4, -0.2) is 66.1 Å². The number of rotatable bonds is 2. The maximum absolute atomic E-state index is 12.8. The zero-order valence-electron chi connectivity index (χ0n) is 21.8. The lowest BCUT2D eigenvalue weighted by molar-refractivity contribution is -0.425. The smallest absolute Gasteiger partial charge is 0.410 e. The molecule has 1 saturated heterocycles. The Kier molecular flexibility index (Phi) is 6.41. The van der Waals surface area contributed by atoms with E-state index in [4.69, 9.17) is 15.2 Å². The monoisotopic (exact) mass is 492 g/mol. The molecule has 8 heteroatoms. The van der Waals surface area contributed by atoms with Gasteiger partial charge in [0.25, 0.3) is 0 Å². The molecular formula is C27H46N3O5+. The summed E-state index contributed by atoms with van der Waals surface area (Å²) in [6.45, 7) is 5.90. The molecule has 0 spiro atoms. The molecule has 4 aliphatic carbocycles. The molecule has 0 aromatic heterocycles. The topological polar surface area (TPSA) is 130 Å². The van der Waals surface area contributed by atoms with Crippen molar-refractivity contribution in [3.8, 4) is 0 Å². The number of fused-ring (bicyclic) bond motifs is 5. The first kappa shape index (κ1) is 25.3. The zero-order chi connectivity index (χ0) is 25.2. The average molecular weight is 493 g/mol. The number of nitrogens with zero attached hydrogens (tertiary/aromatic N) is 1. The molecule has 0 radical (unpaired) electrons. The first-order valence-corrected chi connectivity index (χ1v) is 13.9. The molecule has 8 nitrogen and oxygen atoms in total. The van der Waals surface area contributed by atoms with E-state index in [2.05, 4.69) is 12.7 Å². The predicted octanol–water partition coefficient (Wildman–Crippen LogP) is 2.08. The number of amides is 1. The molecule has 4 saturated carbocycles. The Bertz CT molecular complexity index is 847. The van der Waals surface area contributed by atoms with Gasteiger partial charge in [-0.1, -0.05) is 13.8 Å². The summed E-state index contributed by atoms with van der Waals surface area (Å²) in [5.41, 5.74) is 10.2. The number of aliphatic hydroxyl groups is 1. The second-order valence-electron chi connectivity index (χ2n) is 12.9. The molecule has 0 bridgehead atoms. The highest BCUT2D eigenvalue weighted by Gasteiger charge is 2.70. The Morgan fingerprint density at radius 3 is 2.40 bits per heavy atom. The minimum absolute atomic E-state index is 0.0320. The summed E-state index contributed by atoms with van der Waals surface area (Å²) in [7, 11) is 1.43. The van der Waals surface area contributed by atoms with E-state index < -0.39 is 17.1 Å². The highest BCUT2D eigenvalue weighted by Crippen LogP contribution is 2.68. The van der Waals surface area contributed by atoms with Gasteiger partial charge in [-0.2, -0.15) is 0 Å². The van der Waals surface area contributed by atoms with Crippen LogP contribution in [-0.2, 0) is 14.3 Å². The normalized spacial score (nSPS) is 47.9. The number of hydrogen-bond donors (Lipinski definition) is 3. The van der Waals surface area contributed by atoms with Crippen LogP contribution in [0.4, 0.5) is 4.79 Å². The first-order valence-electron chi connectivity index (χ1n) is 13.9. The third kappa shape index (κ3) is 3.72. The maximum Gasteiger partial charge on any atom is 0.410 e. The molecule has 5 fully saturated rings. The lowest BCUT2D eigenvalue weighted by Gasteiger charge is -2.65. The van der Waals surface area contributed by atoms with Crippen LogP contribution in [0.1, 0.15) is 78.1 Å². The minimum Gasteiger partial charge on any atom is -0.469 e. The molecule has 0 aromatic carbocycles. The van der Waals surface area contributed by atoms with E-state index in [1.807, 2.05) is 11.8 Å². The number of carbonyl (C=O) groups is 2. The van der Waals surface area contributed by atoms with Gasteiger partial charge in [-0.3, -0.25) is 4.79 Å². The molecule has 5 aliphatic rings. The fraction of sp³-hybridized carbons (Fsp3) is 0.926. The Balaban J connectivity index is 1.29. The number of nitrogens with two attached hydrogens (primary N) is 1. The Hall–Kier alpha value is -1.38. The van der Waals surface area contributed by atoms with Gasteiger partial charge in [0.05, 0.1) is 25.2 Å². The van der Waals surface area contributed by atoms with Gasteiger partial charge in [0.1, 0.15) is 6.10 Å². The van der Waals surface area contributed by atoms with E-state index in [9.17, 15) is 14.7 Å². The molecule has 198 valence electrons. The molecule has 0 aromatic rings. The van der Waals surface area contributed by atoms with Crippen LogP contribution in [0.15, 0.2) is 0 Å². The van der Waals surface area contributed by atoms with Crippen molar-refractivity contribution in [2.24, 2.45) is 40.2 Å². The molecular weight excluding hydrogens is 446 g/mol. The van der Waals surface area contributed by atoms with Gasteiger partial charge in [0.2, 0.25) is 0 Å². The lowest BCUT2D eigenvalue weighted by atomic mass is 9.42. The van der Waals surface area contributed by atoms with Crippen LogP contribution in [0.25, 0.3) is 0 Å². The van der Waals surface area contributed by atoms with E-state index in [0.717, 1.165) is 64.5 Å². The van der Waals surface area contributed by atoms with Crippen LogP contribution in [0, 0.1) is 34.5 Å². The summed E-state index contributed by atoms with van der Waals surface area (Å²) in [6.07, 6.45) is 8.02. The van der Waals surface area contributed by atoms with E-state index in [1.54, 1.807) is 0 Å². The molecule has 9 atom stereocenters. The van der Waals surface area contributed by atoms with Crippen molar-refractivity contribution in [2.75, 3.05) is 20.2 Å². The summed E-state index contributed by atoms with van der Waals surface area (Å²) in [6, 6.07) is 0.436. The van der Waals surface area contributed by atoms with Crippen molar-refractivity contribution < 1.29 is 29.9 Å². The van der Waals surface area contributed by atoms with Crippen LogP contribution < -0.4 is 11.5 Å². The zero-order valence-corrected chi connectivity index (χ0v) is 21.8. The summed E-state index contributed by atoms with van der Waals surface area (Å²) < 4.78 is 11.1. The highest BCUT2D eigenvalue weighted by atomic mass is 16.6. The van der Waals surface area contributed by atoms with Gasteiger partial charge in [0.15, 0.2) is 0 Å². The molecule has 35 heavy (non-hydrogen) atoms. The van der Waals surface area contributed by atoms with Crippen molar-refractivity contribution in [1.82, 2.24) is 4.90 Å². The van der Waals surface area contributed by atoms with Gasteiger partial charge in [-0.25, -0.2) is 4.79 Å². The first-order chi connectivity index (χ1) is 16.5. The number of hydrogen-bond acceptors (Lipinski definition) is 6. The fourth-order valence-corrected chi connectivity index (χ4v) is 9.24. The summed E-state index contributed by atoms with van der Waals surface area (Å²) in [5.74, 6) is 0.480. The largest absolute Gasteiger partial charge is 0.469 e. The molecule has 9 unspecified atom stereocenters. The van der Waals surface area contributed by atoms with Gasteiger partial charge in [-0.15, -0.1) is 0 Å².